The van der Waals surface area contributed by atoms with E-state index in [-0.39, 0.29) is 36.9 Å². The lowest BCUT2D eigenvalue weighted by molar-refractivity contribution is -0.136. The molecule has 0 radical (unpaired) electrons. The maximum absolute atomic E-state index is 12.7. The number of nitrogens with zero attached hydrogens (tertiary/aromatic N) is 4. The molecule has 29 heavy (non-hydrogen) atoms. The van der Waals surface area contributed by atoms with Crippen molar-refractivity contribution < 1.29 is 19.4 Å². The van der Waals surface area contributed by atoms with E-state index in [9.17, 15) is 9.59 Å². The Labute approximate surface area is 166 Å². The van der Waals surface area contributed by atoms with Crippen LogP contribution in [0.25, 0.3) is 17.0 Å². The van der Waals surface area contributed by atoms with Gasteiger partial charge in [-0.3, -0.25) is 9.20 Å². The summed E-state index contributed by atoms with van der Waals surface area (Å²) >= 11 is 0. The number of β-amino-alcohol motifs (C(OH)–C–C–N with tert-alkyl or cyclic N) is 1. The highest BCUT2D eigenvalue weighted by Gasteiger charge is 2.34. The summed E-state index contributed by atoms with van der Waals surface area (Å²) in [6.45, 7) is 0.0376. The van der Waals surface area contributed by atoms with Crippen molar-refractivity contribution in [3.05, 3.63) is 60.2 Å². The number of hydrogen-bond acceptors (Lipinski definition) is 7. The van der Waals surface area contributed by atoms with E-state index in [1.807, 2.05) is 41.1 Å². The largest absolute Gasteiger partial charge is 0.466 e. The molecule has 0 unspecified atom stereocenters. The number of rotatable bonds is 6. The number of amides is 1. The van der Waals surface area contributed by atoms with Crippen LogP contribution in [0.15, 0.2) is 60.2 Å². The Balaban J connectivity index is 1.65. The van der Waals surface area contributed by atoms with Gasteiger partial charge in [-0.25, -0.2) is 14.8 Å². The van der Waals surface area contributed by atoms with Gasteiger partial charge in [0, 0.05) is 36.4 Å². The van der Waals surface area contributed by atoms with Gasteiger partial charge >= 0.3 is 5.97 Å². The van der Waals surface area contributed by atoms with Gasteiger partial charge in [0.2, 0.25) is 5.78 Å². The summed E-state index contributed by atoms with van der Waals surface area (Å²) in [6.07, 6.45) is 5.40. The molecule has 3 heterocycles. The van der Waals surface area contributed by atoms with E-state index in [2.05, 4.69) is 15.3 Å². The van der Waals surface area contributed by atoms with E-state index >= 15 is 0 Å². The van der Waals surface area contributed by atoms with Crippen LogP contribution in [0, 0.1) is 0 Å². The smallest absolute Gasteiger partial charge is 0.337 e. The second-order valence-electron chi connectivity index (χ2n) is 6.45. The summed E-state index contributed by atoms with van der Waals surface area (Å²) in [5.41, 5.74) is 2.57. The summed E-state index contributed by atoms with van der Waals surface area (Å²) in [5, 5.41) is 12.2. The molecule has 0 aliphatic carbocycles. The van der Waals surface area contributed by atoms with Crippen LogP contribution in [-0.2, 0) is 14.3 Å². The average molecular weight is 393 g/mol. The Kier molecular flexibility index (Phi) is 4.96. The molecule has 9 heteroatoms. The number of nitrogens with one attached hydrogen (secondary N) is 1. The summed E-state index contributed by atoms with van der Waals surface area (Å²) in [4.78, 5) is 34.9. The van der Waals surface area contributed by atoms with Gasteiger partial charge in [0.1, 0.15) is 5.70 Å². The Morgan fingerprint density at radius 2 is 2.21 bits per heavy atom. The molecule has 2 aromatic heterocycles. The molecule has 0 bridgehead atoms. The van der Waals surface area contributed by atoms with Crippen molar-refractivity contribution in [2.45, 2.75) is 0 Å². The molecule has 4 rings (SSSR count). The van der Waals surface area contributed by atoms with E-state index in [1.165, 1.54) is 12.0 Å². The molecule has 1 amide bonds. The van der Waals surface area contributed by atoms with Gasteiger partial charge in [-0.05, 0) is 18.2 Å². The van der Waals surface area contributed by atoms with E-state index in [0.717, 1.165) is 11.3 Å². The van der Waals surface area contributed by atoms with E-state index in [0.29, 0.717) is 11.5 Å². The van der Waals surface area contributed by atoms with Gasteiger partial charge in [0.05, 0.1) is 31.5 Å². The molecule has 1 aliphatic heterocycles. The number of benzene rings is 1. The SMILES string of the molecule is COC(=O)C1=C(Nc2cccc(-c3cn4cccnc4n3)c2)C(=O)N(CCO)C1. The van der Waals surface area contributed by atoms with Gasteiger partial charge in [0.25, 0.3) is 5.91 Å². The molecule has 9 nitrogen and oxygen atoms in total. The number of esters is 1. The molecule has 0 atom stereocenters. The van der Waals surface area contributed by atoms with Gasteiger partial charge in [-0.15, -0.1) is 0 Å². The number of carbonyl (C=O) groups is 2. The third kappa shape index (κ3) is 3.55. The van der Waals surface area contributed by atoms with Gasteiger partial charge < -0.3 is 20.1 Å². The highest BCUT2D eigenvalue weighted by molar-refractivity contribution is 6.08. The Morgan fingerprint density at radius 3 is 2.97 bits per heavy atom. The van der Waals surface area contributed by atoms with Gasteiger partial charge in [-0.2, -0.15) is 0 Å². The maximum atomic E-state index is 12.7. The molecule has 0 saturated carbocycles. The van der Waals surface area contributed by atoms with E-state index < -0.39 is 5.97 Å². The van der Waals surface area contributed by atoms with Gasteiger partial charge in [0.15, 0.2) is 0 Å². The lowest BCUT2D eigenvalue weighted by Crippen LogP contribution is -2.31. The Morgan fingerprint density at radius 1 is 1.34 bits per heavy atom. The number of aliphatic hydroxyl groups is 1. The summed E-state index contributed by atoms with van der Waals surface area (Å²) in [7, 11) is 1.27. The Bertz CT molecular complexity index is 1090. The fourth-order valence-electron chi connectivity index (χ4n) is 3.22. The quantitative estimate of drug-likeness (QED) is 0.603. The summed E-state index contributed by atoms with van der Waals surface area (Å²) in [6, 6.07) is 9.18. The molecule has 2 N–H and O–H groups in total. The minimum Gasteiger partial charge on any atom is -0.466 e. The zero-order valence-electron chi connectivity index (χ0n) is 15.7. The summed E-state index contributed by atoms with van der Waals surface area (Å²) in [5.74, 6) is -0.354. The van der Waals surface area contributed by atoms with Crippen LogP contribution in [0.2, 0.25) is 0 Å². The maximum Gasteiger partial charge on any atom is 0.337 e. The third-order valence-corrected chi connectivity index (χ3v) is 4.62. The lowest BCUT2D eigenvalue weighted by atomic mass is 10.1. The van der Waals surface area contributed by atoms with Crippen molar-refractivity contribution in [1.82, 2.24) is 19.3 Å². The van der Waals surface area contributed by atoms with Crippen LogP contribution >= 0.6 is 0 Å². The zero-order chi connectivity index (χ0) is 20.4. The third-order valence-electron chi connectivity index (χ3n) is 4.62. The van der Waals surface area contributed by atoms with Gasteiger partial charge in [-0.1, -0.05) is 12.1 Å². The first-order chi connectivity index (χ1) is 14.1. The van der Waals surface area contributed by atoms with Crippen LogP contribution < -0.4 is 5.32 Å². The van der Waals surface area contributed by atoms with E-state index in [1.54, 1.807) is 12.3 Å². The van der Waals surface area contributed by atoms with Crippen molar-refractivity contribution in [2.24, 2.45) is 0 Å². The highest BCUT2D eigenvalue weighted by Crippen LogP contribution is 2.26. The predicted molar refractivity (Wildman–Crippen MR) is 105 cm³/mol. The molecule has 0 fully saturated rings. The minimum atomic E-state index is -0.580. The molecule has 3 aromatic rings. The van der Waals surface area contributed by atoms with Crippen LogP contribution in [0.3, 0.4) is 0 Å². The molecule has 1 aromatic carbocycles. The van der Waals surface area contributed by atoms with Crippen LogP contribution in [0.5, 0.6) is 0 Å². The number of carbonyl (C=O) groups excluding carboxylic acids is 2. The molecule has 0 spiro atoms. The molecule has 0 saturated heterocycles. The zero-order valence-corrected chi connectivity index (χ0v) is 15.7. The van der Waals surface area contributed by atoms with Crippen molar-refractivity contribution >= 4 is 23.3 Å². The van der Waals surface area contributed by atoms with E-state index in [4.69, 9.17) is 9.84 Å². The fourth-order valence-corrected chi connectivity index (χ4v) is 3.22. The molecular weight excluding hydrogens is 374 g/mol. The number of fused-ring (bicyclic) bond motifs is 1. The highest BCUT2D eigenvalue weighted by atomic mass is 16.5. The number of aliphatic hydroxyl groups excluding tert-OH is 1. The normalized spacial score (nSPS) is 14.0. The monoisotopic (exact) mass is 393 g/mol. The molecular formula is C20H19N5O4. The number of aromatic nitrogens is 3. The van der Waals surface area contributed by atoms with Crippen LogP contribution in [0.1, 0.15) is 0 Å². The van der Waals surface area contributed by atoms with Crippen molar-refractivity contribution in [1.29, 1.82) is 0 Å². The van der Waals surface area contributed by atoms with Crippen LogP contribution in [-0.4, -0.2) is 63.1 Å². The predicted octanol–water partition coefficient (Wildman–Crippen LogP) is 1.07. The number of anilines is 1. The standard InChI is InChI=1S/C20H19N5O4/c1-29-19(28)15-11-24(8-9-26)18(27)17(15)22-14-5-2-4-13(10-14)16-12-25-7-3-6-21-20(25)23-16/h2-7,10,12,22,26H,8-9,11H2,1H3. The van der Waals surface area contributed by atoms with Crippen molar-refractivity contribution in [2.75, 3.05) is 32.1 Å². The number of imidazole rings is 1. The first-order valence-corrected chi connectivity index (χ1v) is 8.99. The summed E-state index contributed by atoms with van der Waals surface area (Å²) < 4.78 is 6.63. The second kappa shape index (κ2) is 7.72. The minimum absolute atomic E-state index is 0.0895. The Hall–Kier alpha value is -3.72. The number of hydrogen-bond donors (Lipinski definition) is 2. The fraction of sp³-hybridized carbons (Fsp3) is 0.200. The molecule has 148 valence electrons. The number of methoxy groups -OCH3 is 1. The average Bonchev–Trinajstić information content (AvgIpc) is 3.31. The van der Waals surface area contributed by atoms with Crippen molar-refractivity contribution in [3.63, 3.8) is 0 Å². The topological polar surface area (TPSA) is 109 Å². The first kappa shape index (κ1) is 18.6. The molecule has 1 aliphatic rings. The van der Waals surface area contributed by atoms with Crippen molar-refractivity contribution in [3.8, 4) is 11.3 Å². The number of ether oxygens (including phenoxy) is 1. The second-order valence-corrected chi connectivity index (χ2v) is 6.45. The lowest BCUT2D eigenvalue weighted by Gasteiger charge is -2.15. The first-order valence-electron chi connectivity index (χ1n) is 8.99. The van der Waals surface area contributed by atoms with Crippen LogP contribution in [0.4, 0.5) is 5.69 Å².